The molecule has 18 heavy (non-hydrogen) atoms. The fraction of sp³-hybridized carbons (Fsp3) is 0.462. The standard InChI is InChI=1S/C13H14BrClINO/c14-10-1-2-12(16)11(7-10)13(18)17-6-4-9(8-17)3-5-15/h1-2,7,9H,3-6,8H2. The van der Waals surface area contributed by atoms with Crippen LogP contribution in [0.3, 0.4) is 0 Å². The van der Waals surface area contributed by atoms with Gasteiger partial charge in [0.15, 0.2) is 0 Å². The highest BCUT2D eigenvalue weighted by Crippen LogP contribution is 2.25. The fourth-order valence-corrected chi connectivity index (χ4v) is 3.47. The number of amides is 1. The van der Waals surface area contributed by atoms with E-state index in [9.17, 15) is 4.79 Å². The Morgan fingerprint density at radius 3 is 3.06 bits per heavy atom. The molecule has 1 unspecified atom stereocenters. The molecule has 1 heterocycles. The lowest BCUT2D eigenvalue weighted by Crippen LogP contribution is -2.29. The number of benzene rings is 1. The van der Waals surface area contributed by atoms with E-state index in [-0.39, 0.29) is 5.91 Å². The minimum atomic E-state index is 0.137. The number of hydrogen-bond acceptors (Lipinski definition) is 1. The van der Waals surface area contributed by atoms with Gasteiger partial charge in [0.1, 0.15) is 0 Å². The van der Waals surface area contributed by atoms with Gasteiger partial charge in [-0.05, 0) is 59.5 Å². The van der Waals surface area contributed by atoms with Crippen molar-refractivity contribution in [1.29, 1.82) is 0 Å². The topological polar surface area (TPSA) is 20.3 Å². The van der Waals surface area contributed by atoms with Crippen LogP contribution >= 0.6 is 50.1 Å². The van der Waals surface area contributed by atoms with E-state index < -0.39 is 0 Å². The summed E-state index contributed by atoms with van der Waals surface area (Å²) in [6.07, 6.45) is 2.07. The molecule has 0 N–H and O–H groups in total. The van der Waals surface area contributed by atoms with Crippen molar-refractivity contribution < 1.29 is 4.79 Å². The summed E-state index contributed by atoms with van der Waals surface area (Å²) < 4.78 is 1.95. The van der Waals surface area contributed by atoms with Crippen LogP contribution in [0.1, 0.15) is 23.2 Å². The van der Waals surface area contributed by atoms with Gasteiger partial charge < -0.3 is 4.90 Å². The molecule has 0 aliphatic carbocycles. The van der Waals surface area contributed by atoms with Crippen LogP contribution in [0.25, 0.3) is 0 Å². The van der Waals surface area contributed by atoms with Crippen molar-refractivity contribution in [2.75, 3.05) is 19.0 Å². The molecule has 0 spiro atoms. The van der Waals surface area contributed by atoms with Crippen molar-refractivity contribution >= 4 is 56.0 Å². The van der Waals surface area contributed by atoms with Gasteiger partial charge in [-0.15, -0.1) is 11.6 Å². The van der Waals surface area contributed by atoms with Crippen molar-refractivity contribution in [3.8, 4) is 0 Å². The maximum Gasteiger partial charge on any atom is 0.254 e. The highest BCUT2D eigenvalue weighted by Gasteiger charge is 2.27. The highest BCUT2D eigenvalue weighted by molar-refractivity contribution is 14.1. The molecule has 1 aromatic rings. The molecular weight excluding hydrogens is 428 g/mol. The summed E-state index contributed by atoms with van der Waals surface area (Å²) in [5.74, 6) is 1.38. The van der Waals surface area contributed by atoms with Crippen LogP contribution in [0.5, 0.6) is 0 Å². The van der Waals surface area contributed by atoms with E-state index in [1.165, 1.54) is 0 Å². The van der Waals surface area contributed by atoms with Gasteiger partial charge in [0, 0.05) is 27.0 Å². The van der Waals surface area contributed by atoms with Crippen LogP contribution in [0, 0.1) is 9.49 Å². The van der Waals surface area contributed by atoms with Gasteiger partial charge in [-0.2, -0.15) is 0 Å². The van der Waals surface area contributed by atoms with Crippen LogP contribution in [0.2, 0.25) is 0 Å². The van der Waals surface area contributed by atoms with Crippen LogP contribution in [-0.4, -0.2) is 29.8 Å². The van der Waals surface area contributed by atoms with Crippen molar-refractivity contribution in [2.24, 2.45) is 5.92 Å². The molecule has 1 aliphatic rings. The molecule has 0 aromatic heterocycles. The summed E-state index contributed by atoms with van der Waals surface area (Å²) >= 11 is 11.4. The van der Waals surface area contributed by atoms with Crippen molar-refractivity contribution in [3.63, 3.8) is 0 Å². The van der Waals surface area contributed by atoms with Gasteiger partial charge in [0.25, 0.3) is 5.91 Å². The molecule has 5 heteroatoms. The molecule has 98 valence electrons. The largest absolute Gasteiger partial charge is 0.338 e. The Bertz CT molecular complexity index is 455. The Morgan fingerprint density at radius 1 is 1.56 bits per heavy atom. The van der Waals surface area contributed by atoms with E-state index in [1.54, 1.807) is 0 Å². The second-order valence-corrected chi connectivity index (χ2v) is 6.96. The second kappa shape index (κ2) is 6.57. The third-order valence-corrected chi connectivity index (χ3v) is 4.90. The van der Waals surface area contributed by atoms with Gasteiger partial charge in [-0.1, -0.05) is 15.9 Å². The Hall–Kier alpha value is 0.190. The van der Waals surface area contributed by atoms with E-state index in [0.717, 1.165) is 39.5 Å². The van der Waals surface area contributed by atoms with Gasteiger partial charge in [0.05, 0.1) is 5.56 Å². The average Bonchev–Trinajstić information content (AvgIpc) is 2.80. The van der Waals surface area contributed by atoms with Gasteiger partial charge in [0.2, 0.25) is 0 Å². The first-order valence-corrected chi connectivity index (χ1v) is 8.32. The fourth-order valence-electron chi connectivity index (χ4n) is 2.24. The predicted molar refractivity (Wildman–Crippen MR) is 86.2 cm³/mol. The zero-order valence-electron chi connectivity index (χ0n) is 9.83. The molecule has 0 saturated carbocycles. The Morgan fingerprint density at radius 2 is 2.33 bits per heavy atom. The number of nitrogens with zero attached hydrogens (tertiary/aromatic N) is 1. The third-order valence-electron chi connectivity index (χ3n) is 3.25. The first-order chi connectivity index (χ1) is 8.61. The summed E-state index contributed by atoms with van der Waals surface area (Å²) in [6.45, 7) is 1.69. The van der Waals surface area contributed by atoms with E-state index in [2.05, 4.69) is 38.5 Å². The number of carbonyl (C=O) groups excluding carboxylic acids is 1. The van der Waals surface area contributed by atoms with E-state index >= 15 is 0 Å². The van der Waals surface area contributed by atoms with Crippen LogP contribution in [-0.2, 0) is 0 Å². The number of rotatable bonds is 3. The molecule has 1 aromatic carbocycles. The van der Waals surface area contributed by atoms with Crippen LogP contribution in [0.4, 0.5) is 0 Å². The summed E-state index contributed by atoms with van der Waals surface area (Å²) in [4.78, 5) is 14.4. The van der Waals surface area contributed by atoms with E-state index in [0.29, 0.717) is 11.8 Å². The lowest BCUT2D eigenvalue weighted by Gasteiger charge is -2.17. The Labute approximate surface area is 134 Å². The van der Waals surface area contributed by atoms with Gasteiger partial charge in [-0.3, -0.25) is 4.79 Å². The van der Waals surface area contributed by atoms with Crippen molar-refractivity contribution in [1.82, 2.24) is 4.90 Å². The molecular formula is C13H14BrClINO. The molecule has 1 saturated heterocycles. The number of carbonyl (C=O) groups is 1. The Balaban J connectivity index is 2.10. The molecule has 2 rings (SSSR count). The normalized spacial score (nSPS) is 19.3. The summed E-state index contributed by atoms with van der Waals surface area (Å²) in [6, 6.07) is 5.82. The maximum atomic E-state index is 12.4. The minimum Gasteiger partial charge on any atom is -0.338 e. The molecule has 0 bridgehead atoms. The number of halogens is 3. The zero-order chi connectivity index (χ0) is 13.1. The summed E-state index contributed by atoms with van der Waals surface area (Å²) in [5.41, 5.74) is 0.788. The molecule has 1 aliphatic heterocycles. The van der Waals surface area contributed by atoms with E-state index in [1.807, 2.05) is 23.1 Å². The predicted octanol–water partition coefficient (Wildman–Crippen LogP) is 4.14. The molecule has 1 amide bonds. The molecule has 2 nitrogen and oxygen atoms in total. The number of likely N-dealkylation sites (tertiary alicyclic amines) is 1. The molecule has 1 fully saturated rings. The average molecular weight is 443 g/mol. The first kappa shape index (κ1) is 14.6. The quantitative estimate of drug-likeness (QED) is 0.509. The van der Waals surface area contributed by atoms with Gasteiger partial charge in [-0.25, -0.2) is 0 Å². The van der Waals surface area contributed by atoms with Crippen molar-refractivity contribution in [3.05, 3.63) is 31.8 Å². The van der Waals surface area contributed by atoms with Crippen LogP contribution in [0.15, 0.2) is 22.7 Å². The molecule has 0 radical (unpaired) electrons. The smallest absolute Gasteiger partial charge is 0.254 e. The first-order valence-electron chi connectivity index (χ1n) is 5.92. The lowest BCUT2D eigenvalue weighted by atomic mass is 10.1. The SMILES string of the molecule is O=C(c1cc(Br)ccc1I)N1CCC(CCCl)C1. The van der Waals surface area contributed by atoms with E-state index in [4.69, 9.17) is 11.6 Å². The van der Waals surface area contributed by atoms with Gasteiger partial charge >= 0.3 is 0 Å². The highest BCUT2D eigenvalue weighted by atomic mass is 127. The maximum absolute atomic E-state index is 12.4. The third kappa shape index (κ3) is 3.39. The minimum absolute atomic E-state index is 0.137. The summed E-state index contributed by atoms with van der Waals surface area (Å²) in [5, 5.41) is 0. The molecule has 1 atom stereocenters. The number of alkyl halides is 1. The number of hydrogen-bond donors (Lipinski definition) is 0. The van der Waals surface area contributed by atoms with Crippen LogP contribution < -0.4 is 0 Å². The lowest BCUT2D eigenvalue weighted by molar-refractivity contribution is 0.0786. The Kier molecular flexibility index (Phi) is 5.33. The zero-order valence-corrected chi connectivity index (χ0v) is 14.3. The summed E-state index contributed by atoms with van der Waals surface area (Å²) in [7, 11) is 0. The van der Waals surface area contributed by atoms with Crippen molar-refractivity contribution in [2.45, 2.75) is 12.8 Å². The monoisotopic (exact) mass is 441 g/mol. The second-order valence-electron chi connectivity index (χ2n) is 4.51.